The molecule has 1 atom stereocenters. The molecule has 1 heterocycles. The Bertz CT molecular complexity index is 227. The summed E-state index contributed by atoms with van der Waals surface area (Å²) in [7, 11) is 0. The lowest BCUT2D eigenvalue weighted by Crippen LogP contribution is -2.50. The van der Waals surface area contributed by atoms with Gasteiger partial charge in [-0.25, -0.2) is 0 Å². The molecule has 0 saturated carbocycles. The van der Waals surface area contributed by atoms with Crippen molar-refractivity contribution in [3.63, 3.8) is 0 Å². The average molecular weight is 202 g/mol. The Morgan fingerprint density at radius 1 is 1.57 bits per heavy atom. The van der Waals surface area contributed by atoms with Crippen molar-refractivity contribution in [3.8, 4) is 0 Å². The zero-order valence-corrected chi connectivity index (χ0v) is 9.16. The minimum atomic E-state index is -1.27. The highest BCUT2D eigenvalue weighted by Crippen LogP contribution is 2.24. The first-order valence-electron chi connectivity index (χ1n) is 4.81. The van der Waals surface area contributed by atoms with E-state index < -0.39 is 17.5 Å². The van der Waals surface area contributed by atoms with Crippen LogP contribution in [0.15, 0.2) is 0 Å². The Morgan fingerprint density at radius 3 is 2.64 bits per heavy atom. The molecular formula is C10H18O4. The molecule has 1 fully saturated rings. The fraction of sp³-hybridized carbons (Fsp3) is 0.900. The summed E-state index contributed by atoms with van der Waals surface area (Å²) in [5.74, 6) is -1.38. The van der Waals surface area contributed by atoms with Gasteiger partial charge in [0.2, 0.25) is 0 Å². The molecule has 4 nitrogen and oxygen atoms in total. The van der Waals surface area contributed by atoms with Gasteiger partial charge in [-0.05, 0) is 27.7 Å². The Kier molecular flexibility index (Phi) is 2.99. The maximum Gasteiger partial charge on any atom is 0.192 e. The quantitative estimate of drug-likeness (QED) is 0.675. The van der Waals surface area contributed by atoms with Crippen molar-refractivity contribution in [1.29, 1.82) is 0 Å². The van der Waals surface area contributed by atoms with Crippen LogP contribution in [0.4, 0.5) is 0 Å². The van der Waals surface area contributed by atoms with Crippen molar-refractivity contribution in [2.75, 3.05) is 6.61 Å². The second kappa shape index (κ2) is 3.61. The smallest absolute Gasteiger partial charge is 0.192 e. The van der Waals surface area contributed by atoms with Crippen molar-refractivity contribution < 1.29 is 19.4 Å². The molecule has 4 heteroatoms. The predicted octanol–water partition coefficient (Wildman–Crippen LogP) is 0.868. The zero-order chi connectivity index (χ0) is 11.0. The molecule has 0 aromatic heterocycles. The lowest BCUT2D eigenvalue weighted by Gasteiger charge is -2.36. The standard InChI is InChI=1S/C10H18O4/c1-9(2)8(11)7(5-6-13-9)14-10(3,4)12/h7,12H,5-6H2,1-4H3/t7-/m1/s1. The summed E-state index contributed by atoms with van der Waals surface area (Å²) >= 11 is 0. The Hall–Kier alpha value is -0.450. The summed E-state index contributed by atoms with van der Waals surface area (Å²) < 4.78 is 10.6. The summed E-state index contributed by atoms with van der Waals surface area (Å²) in [6.07, 6.45) is -0.0505. The van der Waals surface area contributed by atoms with Gasteiger partial charge in [-0.15, -0.1) is 0 Å². The number of aliphatic hydroxyl groups is 1. The molecule has 0 radical (unpaired) electrons. The van der Waals surface area contributed by atoms with Crippen LogP contribution in [0.1, 0.15) is 34.1 Å². The van der Waals surface area contributed by atoms with Gasteiger partial charge in [0.15, 0.2) is 11.6 Å². The molecule has 14 heavy (non-hydrogen) atoms. The summed E-state index contributed by atoms with van der Waals surface area (Å²) in [5.41, 5.74) is -0.797. The van der Waals surface area contributed by atoms with E-state index in [2.05, 4.69) is 0 Å². The molecule has 1 N–H and O–H groups in total. The lowest BCUT2D eigenvalue weighted by atomic mass is 9.94. The molecule has 82 valence electrons. The largest absolute Gasteiger partial charge is 0.368 e. The molecule has 1 rings (SSSR count). The molecule has 0 aromatic rings. The SMILES string of the molecule is CC(C)(O)O[C@@H]1CCOC(C)(C)C1=O. The Morgan fingerprint density at radius 2 is 2.14 bits per heavy atom. The van der Waals surface area contributed by atoms with Crippen LogP contribution in [0.5, 0.6) is 0 Å². The van der Waals surface area contributed by atoms with Crippen molar-refractivity contribution in [3.05, 3.63) is 0 Å². The minimum absolute atomic E-state index is 0.106. The molecule has 1 aliphatic heterocycles. The second-order valence-corrected chi connectivity index (χ2v) is 4.56. The third-order valence-electron chi connectivity index (χ3n) is 2.16. The third kappa shape index (κ3) is 2.77. The first-order valence-corrected chi connectivity index (χ1v) is 4.81. The number of hydrogen-bond acceptors (Lipinski definition) is 4. The van der Waals surface area contributed by atoms with Crippen LogP contribution in [-0.4, -0.2) is 35.0 Å². The van der Waals surface area contributed by atoms with Gasteiger partial charge < -0.3 is 14.6 Å². The van der Waals surface area contributed by atoms with E-state index in [0.29, 0.717) is 13.0 Å². The number of carbonyl (C=O) groups excluding carboxylic acids is 1. The molecule has 0 spiro atoms. The number of hydrogen-bond donors (Lipinski definition) is 1. The van der Waals surface area contributed by atoms with Gasteiger partial charge >= 0.3 is 0 Å². The molecule has 0 amide bonds. The van der Waals surface area contributed by atoms with Crippen molar-refractivity contribution >= 4 is 5.78 Å². The molecule has 1 aliphatic rings. The minimum Gasteiger partial charge on any atom is -0.368 e. The van der Waals surface area contributed by atoms with E-state index in [4.69, 9.17) is 9.47 Å². The summed E-state index contributed by atoms with van der Waals surface area (Å²) in [4.78, 5) is 11.8. The van der Waals surface area contributed by atoms with Gasteiger partial charge in [0.25, 0.3) is 0 Å². The van der Waals surface area contributed by atoms with Crippen molar-refractivity contribution in [2.45, 2.75) is 51.6 Å². The maximum absolute atomic E-state index is 11.8. The molecular weight excluding hydrogens is 184 g/mol. The van der Waals surface area contributed by atoms with Crippen LogP contribution >= 0.6 is 0 Å². The number of ether oxygens (including phenoxy) is 2. The second-order valence-electron chi connectivity index (χ2n) is 4.56. The topological polar surface area (TPSA) is 55.8 Å². The normalized spacial score (nSPS) is 27.8. The number of ketones is 1. The van der Waals surface area contributed by atoms with E-state index in [1.807, 2.05) is 0 Å². The van der Waals surface area contributed by atoms with Crippen molar-refractivity contribution in [1.82, 2.24) is 0 Å². The van der Waals surface area contributed by atoms with Gasteiger partial charge in [0.1, 0.15) is 11.7 Å². The van der Waals surface area contributed by atoms with Gasteiger partial charge in [-0.3, -0.25) is 4.79 Å². The van der Waals surface area contributed by atoms with Crippen LogP contribution in [0, 0.1) is 0 Å². The summed E-state index contributed by atoms with van der Waals surface area (Å²) in [5, 5.41) is 9.44. The molecule has 1 saturated heterocycles. The molecule has 0 aliphatic carbocycles. The number of Topliss-reactive ketones (excluding diaryl/α,β-unsaturated/α-hetero) is 1. The Labute approximate surface area is 84.2 Å². The van der Waals surface area contributed by atoms with E-state index in [1.165, 1.54) is 13.8 Å². The van der Waals surface area contributed by atoms with Gasteiger partial charge in [-0.1, -0.05) is 0 Å². The number of rotatable bonds is 2. The van der Waals surface area contributed by atoms with Crippen LogP contribution in [0.2, 0.25) is 0 Å². The lowest BCUT2D eigenvalue weighted by molar-refractivity contribution is -0.225. The first-order chi connectivity index (χ1) is 6.22. The molecule has 0 aromatic carbocycles. The van der Waals surface area contributed by atoms with Crippen LogP contribution in [0.25, 0.3) is 0 Å². The summed E-state index contributed by atoms with van der Waals surface area (Å²) in [6.45, 7) is 6.95. The fourth-order valence-corrected chi connectivity index (χ4v) is 1.47. The van der Waals surface area contributed by atoms with Gasteiger partial charge in [0.05, 0.1) is 6.61 Å². The third-order valence-corrected chi connectivity index (χ3v) is 2.16. The highest BCUT2D eigenvalue weighted by molar-refractivity contribution is 5.91. The summed E-state index contributed by atoms with van der Waals surface area (Å²) in [6, 6.07) is 0. The fourth-order valence-electron chi connectivity index (χ4n) is 1.47. The van der Waals surface area contributed by atoms with E-state index in [1.54, 1.807) is 13.8 Å². The number of carbonyl (C=O) groups is 1. The van der Waals surface area contributed by atoms with Crippen LogP contribution < -0.4 is 0 Å². The first kappa shape index (κ1) is 11.6. The van der Waals surface area contributed by atoms with Crippen LogP contribution in [-0.2, 0) is 14.3 Å². The van der Waals surface area contributed by atoms with E-state index >= 15 is 0 Å². The monoisotopic (exact) mass is 202 g/mol. The highest BCUT2D eigenvalue weighted by Gasteiger charge is 2.41. The van der Waals surface area contributed by atoms with Crippen LogP contribution in [0.3, 0.4) is 0 Å². The molecule has 0 unspecified atom stereocenters. The zero-order valence-electron chi connectivity index (χ0n) is 9.16. The Balaban J connectivity index is 2.67. The highest BCUT2D eigenvalue weighted by atomic mass is 16.6. The van der Waals surface area contributed by atoms with E-state index in [9.17, 15) is 9.90 Å². The van der Waals surface area contributed by atoms with Crippen molar-refractivity contribution in [2.24, 2.45) is 0 Å². The molecule has 0 bridgehead atoms. The maximum atomic E-state index is 11.8. The van der Waals surface area contributed by atoms with E-state index in [-0.39, 0.29) is 5.78 Å². The van der Waals surface area contributed by atoms with Gasteiger partial charge in [0, 0.05) is 6.42 Å². The average Bonchev–Trinajstić information content (AvgIpc) is 1.96. The van der Waals surface area contributed by atoms with Gasteiger partial charge in [-0.2, -0.15) is 0 Å². The predicted molar refractivity (Wildman–Crippen MR) is 50.8 cm³/mol. The van der Waals surface area contributed by atoms with E-state index in [0.717, 1.165) is 0 Å².